The van der Waals surface area contributed by atoms with Gasteiger partial charge in [-0.1, -0.05) is 6.92 Å². The molecular weight excluding hydrogens is 234 g/mol. The minimum atomic E-state index is 0.490. The fourth-order valence-corrected chi connectivity index (χ4v) is 2.71. The standard InChI is InChI=1S/C12H15N3OS/c1-8(10-6-16-10)2-4-13-12-11-9(3-5-17-11)14-7-15-12/h3,5,7-8,10H,2,4,6H2,1H3,(H,13,14,15). The molecule has 0 aliphatic carbocycles. The predicted molar refractivity (Wildman–Crippen MR) is 69.4 cm³/mol. The summed E-state index contributed by atoms with van der Waals surface area (Å²) in [6.07, 6.45) is 3.22. The third-order valence-corrected chi connectivity index (χ3v) is 4.04. The first-order valence-electron chi connectivity index (χ1n) is 5.88. The van der Waals surface area contributed by atoms with Gasteiger partial charge in [0.15, 0.2) is 0 Å². The molecule has 0 amide bonds. The van der Waals surface area contributed by atoms with Gasteiger partial charge in [-0.3, -0.25) is 0 Å². The molecule has 3 heterocycles. The summed E-state index contributed by atoms with van der Waals surface area (Å²) >= 11 is 1.68. The van der Waals surface area contributed by atoms with E-state index in [9.17, 15) is 0 Å². The molecule has 5 heteroatoms. The fourth-order valence-electron chi connectivity index (χ4n) is 1.90. The Morgan fingerprint density at radius 1 is 1.59 bits per heavy atom. The third-order valence-electron chi connectivity index (χ3n) is 3.13. The second-order valence-electron chi connectivity index (χ2n) is 4.42. The van der Waals surface area contributed by atoms with E-state index in [1.165, 1.54) is 0 Å². The van der Waals surface area contributed by atoms with Crippen LogP contribution in [-0.2, 0) is 4.74 Å². The quantitative estimate of drug-likeness (QED) is 0.827. The maximum Gasteiger partial charge on any atom is 0.147 e. The highest BCUT2D eigenvalue weighted by Crippen LogP contribution is 2.26. The van der Waals surface area contributed by atoms with Gasteiger partial charge in [-0.2, -0.15) is 0 Å². The van der Waals surface area contributed by atoms with Gasteiger partial charge < -0.3 is 10.1 Å². The Bertz CT molecular complexity index is 509. The van der Waals surface area contributed by atoms with Gasteiger partial charge in [-0.05, 0) is 23.8 Å². The topological polar surface area (TPSA) is 50.3 Å². The summed E-state index contributed by atoms with van der Waals surface area (Å²) in [6.45, 7) is 4.11. The second-order valence-corrected chi connectivity index (χ2v) is 5.34. The molecule has 0 bridgehead atoms. The fraction of sp³-hybridized carbons (Fsp3) is 0.500. The van der Waals surface area contributed by atoms with E-state index in [1.54, 1.807) is 17.7 Å². The molecule has 1 aliphatic heterocycles. The van der Waals surface area contributed by atoms with Crippen molar-refractivity contribution in [1.29, 1.82) is 0 Å². The number of anilines is 1. The van der Waals surface area contributed by atoms with E-state index in [-0.39, 0.29) is 0 Å². The van der Waals surface area contributed by atoms with Crippen LogP contribution in [0.15, 0.2) is 17.8 Å². The van der Waals surface area contributed by atoms with E-state index in [4.69, 9.17) is 4.74 Å². The number of hydrogen-bond acceptors (Lipinski definition) is 5. The molecule has 1 N–H and O–H groups in total. The van der Waals surface area contributed by atoms with Crippen molar-refractivity contribution in [2.45, 2.75) is 19.4 Å². The molecule has 2 unspecified atom stereocenters. The molecule has 90 valence electrons. The number of rotatable bonds is 5. The van der Waals surface area contributed by atoms with Crippen molar-refractivity contribution in [2.24, 2.45) is 5.92 Å². The van der Waals surface area contributed by atoms with Crippen LogP contribution in [0.5, 0.6) is 0 Å². The molecule has 0 aromatic carbocycles. The molecule has 0 radical (unpaired) electrons. The first kappa shape index (κ1) is 10.9. The van der Waals surface area contributed by atoms with Crippen molar-refractivity contribution >= 4 is 27.4 Å². The zero-order valence-electron chi connectivity index (χ0n) is 9.72. The monoisotopic (exact) mass is 249 g/mol. The average Bonchev–Trinajstić information content (AvgIpc) is 3.07. The summed E-state index contributed by atoms with van der Waals surface area (Å²) < 4.78 is 6.42. The molecule has 17 heavy (non-hydrogen) atoms. The number of aromatic nitrogens is 2. The van der Waals surface area contributed by atoms with Crippen LogP contribution < -0.4 is 5.32 Å². The molecule has 2 atom stereocenters. The Kier molecular flexibility index (Phi) is 2.94. The van der Waals surface area contributed by atoms with Crippen LogP contribution in [0.3, 0.4) is 0 Å². The van der Waals surface area contributed by atoms with E-state index in [0.29, 0.717) is 12.0 Å². The molecule has 2 aromatic rings. The van der Waals surface area contributed by atoms with Gasteiger partial charge >= 0.3 is 0 Å². The number of epoxide rings is 1. The van der Waals surface area contributed by atoms with Gasteiger partial charge in [0.2, 0.25) is 0 Å². The molecule has 2 aromatic heterocycles. The van der Waals surface area contributed by atoms with Crippen LogP contribution in [0, 0.1) is 5.92 Å². The van der Waals surface area contributed by atoms with E-state index >= 15 is 0 Å². The lowest BCUT2D eigenvalue weighted by molar-refractivity contribution is 0.335. The van der Waals surface area contributed by atoms with Gasteiger partial charge in [0.05, 0.1) is 22.9 Å². The Labute approximate surface area is 104 Å². The van der Waals surface area contributed by atoms with Crippen LogP contribution in [-0.4, -0.2) is 29.2 Å². The largest absolute Gasteiger partial charge is 0.373 e. The number of ether oxygens (including phenoxy) is 1. The highest BCUT2D eigenvalue weighted by Gasteiger charge is 2.28. The average molecular weight is 249 g/mol. The lowest BCUT2D eigenvalue weighted by atomic mass is 10.1. The van der Waals surface area contributed by atoms with Crippen molar-refractivity contribution in [2.75, 3.05) is 18.5 Å². The molecule has 1 fully saturated rings. The highest BCUT2D eigenvalue weighted by atomic mass is 32.1. The lowest BCUT2D eigenvalue weighted by Crippen LogP contribution is -2.11. The van der Waals surface area contributed by atoms with Gasteiger partial charge in [-0.15, -0.1) is 11.3 Å². The Morgan fingerprint density at radius 3 is 3.29 bits per heavy atom. The molecule has 0 saturated carbocycles. The van der Waals surface area contributed by atoms with E-state index in [1.807, 2.05) is 11.4 Å². The molecular formula is C12H15N3OS. The van der Waals surface area contributed by atoms with Crippen molar-refractivity contribution in [1.82, 2.24) is 9.97 Å². The van der Waals surface area contributed by atoms with Crippen molar-refractivity contribution in [3.63, 3.8) is 0 Å². The van der Waals surface area contributed by atoms with Crippen LogP contribution in [0.1, 0.15) is 13.3 Å². The van der Waals surface area contributed by atoms with Gasteiger partial charge in [0.1, 0.15) is 12.1 Å². The van der Waals surface area contributed by atoms with Gasteiger partial charge in [0, 0.05) is 6.54 Å². The number of nitrogens with one attached hydrogen (secondary N) is 1. The molecule has 4 nitrogen and oxygen atoms in total. The van der Waals surface area contributed by atoms with Gasteiger partial charge in [0.25, 0.3) is 0 Å². The zero-order chi connectivity index (χ0) is 11.7. The Hall–Kier alpha value is -1.20. The minimum Gasteiger partial charge on any atom is -0.373 e. The number of nitrogens with zero attached hydrogens (tertiary/aromatic N) is 2. The second kappa shape index (κ2) is 4.58. The molecule has 3 rings (SSSR count). The van der Waals surface area contributed by atoms with Crippen molar-refractivity contribution in [3.05, 3.63) is 17.8 Å². The summed E-state index contributed by atoms with van der Waals surface area (Å²) in [6, 6.07) is 2.02. The summed E-state index contributed by atoms with van der Waals surface area (Å²) in [5, 5.41) is 5.44. The van der Waals surface area contributed by atoms with Crippen LogP contribution in [0.25, 0.3) is 10.2 Å². The maximum absolute atomic E-state index is 5.28. The summed E-state index contributed by atoms with van der Waals surface area (Å²) in [5.41, 5.74) is 1.02. The minimum absolute atomic E-state index is 0.490. The Balaban J connectivity index is 1.62. The number of fused-ring (bicyclic) bond motifs is 1. The van der Waals surface area contributed by atoms with Gasteiger partial charge in [-0.25, -0.2) is 9.97 Å². The lowest BCUT2D eigenvalue weighted by Gasteiger charge is -2.09. The first-order chi connectivity index (χ1) is 8.34. The van der Waals surface area contributed by atoms with Crippen LogP contribution >= 0.6 is 11.3 Å². The number of thiophene rings is 1. The molecule has 0 spiro atoms. The van der Waals surface area contributed by atoms with Crippen LogP contribution in [0.4, 0.5) is 5.82 Å². The van der Waals surface area contributed by atoms with Crippen molar-refractivity contribution < 1.29 is 4.74 Å². The SMILES string of the molecule is CC(CCNc1ncnc2ccsc12)C1CO1. The number of hydrogen-bond donors (Lipinski definition) is 1. The van der Waals surface area contributed by atoms with E-state index < -0.39 is 0 Å². The Morgan fingerprint density at radius 2 is 2.47 bits per heavy atom. The zero-order valence-corrected chi connectivity index (χ0v) is 10.5. The highest BCUT2D eigenvalue weighted by molar-refractivity contribution is 7.17. The normalized spacial score (nSPS) is 20.4. The molecule has 1 aliphatic rings. The first-order valence-corrected chi connectivity index (χ1v) is 6.76. The molecule has 1 saturated heterocycles. The third kappa shape index (κ3) is 2.40. The van der Waals surface area contributed by atoms with Crippen LogP contribution in [0.2, 0.25) is 0 Å². The van der Waals surface area contributed by atoms with E-state index in [2.05, 4.69) is 22.2 Å². The summed E-state index contributed by atoms with van der Waals surface area (Å²) in [5.74, 6) is 1.58. The van der Waals surface area contributed by atoms with Crippen molar-refractivity contribution in [3.8, 4) is 0 Å². The predicted octanol–water partition coefficient (Wildman–Crippen LogP) is 2.53. The summed E-state index contributed by atoms with van der Waals surface area (Å²) in [7, 11) is 0. The maximum atomic E-state index is 5.28. The smallest absolute Gasteiger partial charge is 0.147 e. The van der Waals surface area contributed by atoms with E-state index in [0.717, 1.165) is 35.6 Å². The summed E-state index contributed by atoms with van der Waals surface area (Å²) in [4.78, 5) is 8.52.